The van der Waals surface area contributed by atoms with Crippen LogP contribution in [-0.2, 0) is 13.6 Å². The lowest BCUT2D eigenvalue weighted by Gasteiger charge is -2.04. The molecule has 2 aromatic rings. The smallest absolute Gasteiger partial charge is 0.166 e. The van der Waals surface area contributed by atoms with E-state index in [9.17, 15) is 4.39 Å². The highest BCUT2D eigenvalue weighted by atomic mass is 35.5. The first-order chi connectivity index (χ1) is 7.63. The van der Waals surface area contributed by atoms with Crippen LogP contribution in [0.4, 0.5) is 4.39 Å². The van der Waals surface area contributed by atoms with Crippen molar-refractivity contribution in [2.45, 2.75) is 6.54 Å². The lowest BCUT2D eigenvalue weighted by molar-refractivity contribution is 0.628. The SMILES string of the molecule is Cn1c(CN)nnc1-c1cc(Cl)ccc1F. The Labute approximate surface area is 96.9 Å². The monoisotopic (exact) mass is 240 g/mol. The predicted molar refractivity (Wildman–Crippen MR) is 59.3 cm³/mol. The Kier molecular flexibility index (Phi) is 2.89. The minimum absolute atomic E-state index is 0.256. The zero-order chi connectivity index (χ0) is 11.7. The van der Waals surface area contributed by atoms with Crippen molar-refractivity contribution in [3.63, 3.8) is 0 Å². The number of nitrogens with zero attached hydrogens (tertiary/aromatic N) is 3. The van der Waals surface area contributed by atoms with Gasteiger partial charge in [0.25, 0.3) is 0 Å². The zero-order valence-electron chi connectivity index (χ0n) is 8.61. The second kappa shape index (κ2) is 4.19. The molecule has 84 valence electrons. The molecule has 16 heavy (non-hydrogen) atoms. The summed E-state index contributed by atoms with van der Waals surface area (Å²) < 4.78 is 15.2. The molecular formula is C10H10ClFN4. The van der Waals surface area contributed by atoms with E-state index in [4.69, 9.17) is 17.3 Å². The van der Waals surface area contributed by atoms with E-state index >= 15 is 0 Å². The molecule has 0 radical (unpaired) electrons. The van der Waals surface area contributed by atoms with Crippen molar-refractivity contribution in [1.82, 2.24) is 14.8 Å². The van der Waals surface area contributed by atoms with Gasteiger partial charge in [-0.15, -0.1) is 10.2 Å². The van der Waals surface area contributed by atoms with E-state index in [1.807, 2.05) is 0 Å². The number of hydrogen-bond acceptors (Lipinski definition) is 3. The normalized spacial score (nSPS) is 10.8. The Hall–Kier alpha value is -1.46. The Morgan fingerprint density at radius 3 is 2.81 bits per heavy atom. The molecule has 0 aliphatic carbocycles. The highest BCUT2D eigenvalue weighted by Crippen LogP contribution is 2.24. The summed E-state index contributed by atoms with van der Waals surface area (Å²) in [7, 11) is 1.73. The van der Waals surface area contributed by atoms with Crippen LogP contribution < -0.4 is 5.73 Å². The van der Waals surface area contributed by atoms with Gasteiger partial charge in [0, 0.05) is 12.1 Å². The number of benzene rings is 1. The van der Waals surface area contributed by atoms with Gasteiger partial charge in [-0.05, 0) is 18.2 Å². The first kappa shape index (κ1) is 11.0. The van der Waals surface area contributed by atoms with Gasteiger partial charge in [0.2, 0.25) is 0 Å². The van der Waals surface area contributed by atoms with Crippen molar-refractivity contribution in [3.05, 3.63) is 34.9 Å². The quantitative estimate of drug-likeness (QED) is 0.870. The third kappa shape index (κ3) is 1.79. The molecule has 1 aromatic heterocycles. The van der Waals surface area contributed by atoms with E-state index in [2.05, 4.69) is 10.2 Å². The van der Waals surface area contributed by atoms with Crippen LogP contribution in [-0.4, -0.2) is 14.8 Å². The van der Waals surface area contributed by atoms with Gasteiger partial charge >= 0.3 is 0 Å². The van der Waals surface area contributed by atoms with Crippen molar-refractivity contribution < 1.29 is 4.39 Å². The number of aromatic nitrogens is 3. The predicted octanol–water partition coefficient (Wildman–Crippen LogP) is 1.73. The number of hydrogen-bond donors (Lipinski definition) is 1. The summed E-state index contributed by atoms with van der Waals surface area (Å²) in [5.74, 6) is 0.623. The molecule has 6 heteroatoms. The van der Waals surface area contributed by atoms with E-state index in [1.54, 1.807) is 11.6 Å². The van der Waals surface area contributed by atoms with Crippen LogP contribution in [0.1, 0.15) is 5.82 Å². The second-order valence-electron chi connectivity index (χ2n) is 3.33. The van der Waals surface area contributed by atoms with E-state index in [-0.39, 0.29) is 12.4 Å². The molecule has 2 rings (SSSR count). The lowest BCUT2D eigenvalue weighted by atomic mass is 10.2. The van der Waals surface area contributed by atoms with E-state index in [1.165, 1.54) is 18.2 Å². The van der Waals surface area contributed by atoms with Gasteiger partial charge in [-0.3, -0.25) is 0 Å². The molecule has 4 nitrogen and oxygen atoms in total. The van der Waals surface area contributed by atoms with Crippen LogP contribution in [0.25, 0.3) is 11.4 Å². The van der Waals surface area contributed by atoms with Crippen LogP contribution in [0.5, 0.6) is 0 Å². The summed E-state index contributed by atoms with van der Waals surface area (Å²) in [6.45, 7) is 0.256. The van der Waals surface area contributed by atoms with Gasteiger partial charge in [-0.25, -0.2) is 4.39 Å². The van der Waals surface area contributed by atoms with Crippen molar-refractivity contribution >= 4 is 11.6 Å². The molecule has 0 spiro atoms. The minimum atomic E-state index is -0.386. The molecule has 2 N–H and O–H groups in total. The van der Waals surface area contributed by atoms with Crippen molar-refractivity contribution in [3.8, 4) is 11.4 Å². The molecule has 1 heterocycles. The molecular weight excluding hydrogens is 231 g/mol. The zero-order valence-corrected chi connectivity index (χ0v) is 9.37. The van der Waals surface area contributed by atoms with Gasteiger partial charge in [0.15, 0.2) is 5.82 Å². The maximum absolute atomic E-state index is 13.6. The van der Waals surface area contributed by atoms with Gasteiger partial charge < -0.3 is 10.3 Å². The van der Waals surface area contributed by atoms with Crippen LogP contribution in [0.3, 0.4) is 0 Å². The van der Waals surface area contributed by atoms with E-state index in [0.717, 1.165) is 0 Å². The van der Waals surface area contributed by atoms with Crippen LogP contribution in [0, 0.1) is 5.82 Å². The highest BCUT2D eigenvalue weighted by Gasteiger charge is 2.13. The molecule has 1 aromatic carbocycles. The third-order valence-corrected chi connectivity index (χ3v) is 2.55. The number of nitrogens with two attached hydrogens (primary N) is 1. The molecule has 0 amide bonds. The first-order valence-corrected chi connectivity index (χ1v) is 5.05. The molecule has 0 aliphatic rings. The molecule has 0 aliphatic heterocycles. The Balaban J connectivity index is 2.58. The maximum Gasteiger partial charge on any atom is 0.166 e. The Bertz CT molecular complexity index is 524. The van der Waals surface area contributed by atoms with Crippen LogP contribution in [0.15, 0.2) is 18.2 Å². The summed E-state index contributed by atoms with van der Waals surface area (Å²) in [6.07, 6.45) is 0. The van der Waals surface area contributed by atoms with Gasteiger partial charge in [0.1, 0.15) is 11.6 Å². The van der Waals surface area contributed by atoms with Crippen LogP contribution >= 0.6 is 11.6 Å². The van der Waals surface area contributed by atoms with E-state index in [0.29, 0.717) is 22.2 Å². The first-order valence-electron chi connectivity index (χ1n) is 4.67. The summed E-state index contributed by atoms with van der Waals surface area (Å²) in [6, 6.07) is 4.30. The van der Waals surface area contributed by atoms with Gasteiger partial charge in [-0.2, -0.15) is 0 Å². The summed E-state index contributed by atoms with van der Waals surface area (Å²) in [5.41, 5.74) is 5.79. The summed E-state index contributed by atoms with van der Waals surface area (Å²) in [4.78, 5) is 0. The fraction of sp³-hybridized carbons (Fsp3) is 0.200. The average Bonchev–Trinajstić information content (AvgIpc) is 2.63. The van der Waals surface area contributed by atoms with Gasteiger partial charge in [0.05, 0.1) is 12.1 Å². The Morgan fingerprint density at radius 2 is 2.19 bits per heavy atom. The largest absolute Gasteiger partial charge is 0.324 e. The second-order valence-corrected chi connectivity index (χ2v) is 3.76. The summed E-state index contributed by atoms with van der Waals surface area (Å²) in [5, 5.41) is 8.21. The van der Waals surface area contributed by atoms with Crippen molar-refractivity contribution in [2.75, 3.05) is 0 Å². The standard InChI is InChI=1S/C10H10ClFN4/c1-16-9(5-13)14-15-10(16)7-4-6(11)2-3-8(7)12/h2-4H,5,13H2,1H3. The molecule has 0 saturated carbocycles. The highest BCUT2D eigenvalue weighted by molar-refractivity contribution is 6.30. The van der Waals surface area contributed by atoms with Crippen molar-refractivity contribution in [1.29, 1.82) is 0 Å². The fourth-order valence-corrected chi connectivity index (χ4v) is 1.61. The third-order valence-electron chi connectivity index (χ3n) is 2.32. The summed E-state index contributed by atoms with van der Waals surface area (Å²) >= 11 is 5.81. The molecule has 0 bridgehead atoms. The van der Waals surface area contributed by atoms with Crippen LogP contribution in [0.2, 0.25) is 5.02 Å². The molecule has 0 saturated heterocycles. The fourth-order valence-electron chi connectivity index (χ4n) is 1.44. The Morgan fingerprint density at radius 1 is 1.44 bits per heavy atom. The minimum Gasteiger partial charge on any atom is -0.324 e. The van der Waals surface area contributed by atoms with E-state index < -0.39 is 0 Å². The average molecular weight is 241 g/mol. The number of rotatable bonds is 2. The molecule has 0 unspecified atom stereocenters. The van der Waals surface area contributed by atoms with Crippen molar-refractivity contribution in [2.24, 2.45) is 12.8 Å². The maximum atomic E-state index is 13.6. The number of halogens is 2. The molecule has 0 atom stereocenters. The lowest BCUT2D eigenvalue weighted by Crippen LogP contribution is -2.05. The molecule has 0 fully saturated rings. The topological polar surface area (TPSA) is 56.7 Å². The van der Waals surface area contributed by atoms with Gasteiger partial charge in [-0.1, -0.05) is 11.6 Å².